The highest BCUT2D eigenvalue weighted by atomic mass is 28.4. The van der Waals surface area contributed by atoms with Crippen molar-refractivity contribution >= 4 is 37.5 Å². The van der Waals surface area contributed by atoms with E-state index in [0.717, 1.165) is 5.56 Å². The van der Waals surface area contributed by atoms with Crippen molar-refractivity contribution in [2.45, 2.75) is 87.5 Å². The van der Waals surface area contributed by atoms with Gasteiger partial charge in [0.25, 0.3) is 11.8 Å². The fourth-order valence-corrected chi connectivity index (χ4v) is 10.7. The van der Waals surface area contributed by atoms with E-state index in [1.807, 2.05) is 30.3 Å². The summed E-state index contributed by atoms with van der Waals surface area (Å²) in [6, 6.07) is 21.0. The van der Waals surface area contributed by atoms with Crippen LogP contribution in [-0.2, 0) is 42.5 Å². The summed E-state index contributed by atoms with van der Waals surface area (Å²) >= 11 is 0. The van der Waals surface area contributed by atoms with Gasteiger partial charge >= 0.3 is 0 Å². The molecule has 6 rings (SSSR count). The Morgan fingerprint density at radius 2 is 1.67 bits per heavy atom. The number of anilines is 2. The Morgan fingerprint density at radius 1 is 0.982 bits per heavy atom. The summed E-state index contributed by atoms with van der Waals surface area (Å²) < 4.78 is 33.8. The van der Waals surface area contributed by atoms with E-state index >= 15 is 4.11 Å². The van der Waals surface area contributed by atoms with Crippen molar-refractivity contribution in [2.24, 2.45) is 5.92 Å². The first-order valence-corrected chi connectivity index (χ1v) is 21.1. The second-order valence-electron chi connectivity index (χ2n) is 14.9. The molecule has 3 aromatic rings. The Morgan fingerprint density at radius 3 is 2.31 bits per heavy atom. The van der Waals surface area contributed by atoms with E-state index in [9.17, 15) is 39.9 Å². The summed E-state index contributed by atoms with van der Waals surface area (Å²) in [5, 5.41) is 52.1. The van der Waals surface area contributed by atoms with E-state index < -0.39 is 74.1 Å². The number of carbonyl (C=O) groups excluding carboxylic acids is 3. The van der Waals surface area contributed by atoms with Crippen molar-refractivity contribution in [1.82, 2.24) is 4.90 Å². The number of aliphatic hydroxyl groups is 5. The van der Waals surface area contributed by atoms with Crippen LogP contribution in [-0.4, -0.2) is 114 Å². The molecule has 1 spiro atoms. The molecule has 0 aromatic heterocycles. The topological polar surface area (TPSA) is 199 Å². The Hall–Kier alpha value is -4.26. The fourth-order valence-electron chi connectivity index (χ4n) is 8.20. The van der Waals surface area contributed by atoms with Crippen molar-refractivity contribution in [3.8, 4) is 5.75 Å². The van der Waals surface area contributed by atoms with Gasteiger partial charge in [-0.05, 0) is 54.6 Å². The normalized spacial score (nSPS) is 29.0. The highest BCUT2D eigenvalue weighted by Crippen LogP contribution is 2.60. The molecule has 55 heavy (non-hydrogen) atoms. The third-order valence-electron chi connectivity index (χ3n) is 10.9. The van der Waals surface area contributed by atoms with Crippen LogP contribution in [0.25, 0.3) is 0 Å². The largest absolute Gasteiger partial charge is 0.497 e. The minimum absolute atomic E-state index is 0.0665. The van der Waals surface area contributed by atoms with Crippen molar-refractivity contribution in [3.05, 3.63) is 89.5 Å². The van der Waals surface area contributed by atoms with Crippen LogP contribution in [0.2, 0.25) is 18.6 Å². The molecular formula is C39H48FN3O11Si. The lowest BCUT2D eigenvalue weighted by atomic mass is 9.82. The monoisotopic (exact) mass is 781 g/mol. The van der Waals surface area contributed by atoms with E-state index in [4.69, 9.17) is 14.2 Å². The Labute approximate surface area is 319 Å². The van der Waals surface area contributed by atoms with Crippen LogP contribution in [0.1, 0.15) is 30.0 Å². The van der Waals surface area contributed by atoms with Gasteiger partial charge in [0.2, 0.25) is 14.3 Å². The average Bonchev–Trinajstić information content (AvgIpc) is 3.58. The van der Waals surface area contributed by atoms with Crippen LogP contribution in [0.4, 0.5) is 15.5 Å². The summed E-state index contributed by atoms with van der Waals surface area (Å²) in [4.78, 5) is 44.7. The molecule has 0 aliphatic carbocycles. The van der Waals surface area contributed by atoms with Gasteiger partial charge in [-0.1, -0.05) is 49.4 Å². The van der Waals surface area contributed by atoms with Gasteiger partial charge in [0, 0.05) is 35.8 Å². The molecule has 3 aliphatic heterocycles. The average molecular weight is 782 g/mol. The van der Waals surface area contributed by atoms with Crippen LogP contribution < -0.4 is 15.0 Å². The number of fused-ring (bicyclic) bond motifs is 2. The van der Waals surface area contributed by atoms with E-state index in [1.54, 1.807) is 67.4 Å². The number of methoxy groups -OCH3 is 1. The van der Waals surface area contributed by atoms with Crippen LogP contribution in [0.3, 0.4) is 0 Å². The maximum absolute atomic E-state index is 16.5. The number of hydrogen-bond donors (Lipinski definition) is 6. The number of aliphatic hydroxyl groups excluding tert-OH is 5. The summed E-state index contributed by atoms with van der Waals surface area (Å²) in [5.74, 6) is -1.81. The molecule has 3 heterocycles. The molecule has 14 nitrogen and oxygen atoms in total. The molecule has 0 unspecified atom stereocenters. The summed E-state index contributed by atoms with van der Waals surface area (Å²) in [6.45, 7) is 5.04. The van der Waals surface area contributed by atoms with Crippen molar-refractivity contribution in [2.75, 3.05) is 30.5 Å². The second-order valence-corrected chi connectivity index (χ2v) is 18.7. The quantitative estimate of drug-likeness (QED) is 0.116. The SMILES string of the molecule is COc1ccc2c(c1)[C@@]1(O[C@H](CC(=O)N(CCO)Cc3ccccc3)[C@@H]([Si](C)(C)F)[C@@H]1C)C(=O)N2Cc1ccc(NC(=O)[C@H]2O[C@@H](O)[C@H](O)[C@@H](O)[C@@H]2O)cc1. The van der Waals surface area contributed by atoms with Crippen molar-refractivity contribution in [1.29, 1.82) is 0 Å². The predicted molar refractivity (Wildman–Crippen MR) is 200 cm³/mol. The molecule has 0 radical (unpaired) electrons. The Balaban J connectivity index is 1.25. The number of benzene rings is 3. The predicted octanol–water partition coefficient (Wildman–Crippen LogP) is 2.17. The maximum Gasteiger partial charge on any atom is 0.264 e. The number of amides is 3. The zero-order valence-corrected chi connectivity index (χ0v) is 32.0. The molecule has 3 aromatic carbocycles. The number of hydrogen-bond acceptors (Lipinski definition) is 11. The number of halogens is 1. The molecule has 3 aliphatic rings. The zero-order valence-electron chi connectivity index (χ0n) is 31.0. The van der Waals surface area contributed by atoms with Crippen molar-refractivity contribution in [3.63, 3.8) is 0 Å². The first-order chi connectivity index (χ1) is 26.1. The minimum atomic E-state index is -3.60. The molecule has 16 heteroatoms. The van der Waals surface area contributed by atoms with Crippen LogP contribution >= 0.6 is 0 Å². The maximum atomic E-state index is 16.5. The summed E-state index contributed by atoms with van der Waals surface area (Å²) in [5.41, 5.74) is 0.476. The Bertz CT molecular complexity index is 1870. The van der Waals surface area contributed by atoms with Gasteiger partial charge in [0.15, 0.2) is 18.0 Å². The van der Waals surface area contributed by atoms with Crippen LogP contribution in [0, 0.1) is 5.92 Å². The van der Waals surface area contributed by atoms with Crippen LogP contribution in [0.15, 0.2) is 72.8 Å². The number of nitrogens with one attached hydrogen (secondary N) is 1. The van der Waals surface area contributed by atoms with Gasteiger partial charge in [-0.25, -0.2) is 0 Å². The first kappa shape index (κ1) is 40.4. The molecule has 0 saturated carbocycles. The summed E-state index contributed by atoms with van der Waals surface area (Å²) in [6.07, 6.45) is -10.0. The van der Waals surface area contributed by atoms with Crippen LogP contribution in [0.5, 0.6) is 5.75 Å². The highest BCUT2D eigenvalue weighted by molar-refractivity contribution is 6.72. The molecule has 296 valence electrons. The standard InChI is InChI=1S/C39H48FN3O11Si/c1-22-35(55(3,4)40)29(19-30(45)42(16-17-44)20-23-8-6-5-7-9-23)54-39(22)27-18-26(52-2)14-15-28(27)43(38(39)51)21-24-10-12-25(13-11-24)41-36(49)34-32(47)31(46)33(48)37(50)53-34/h5-15,18,22,29,31-35,37,44,46-48,50H,16-17,19-21H2,1-4H3,(H,41,49)/t22-,29+,31-,32-,33+,34-,35-,37+,39+/m0/s1. The van der Waals surface area contributed by atoms with Gasteiger partial charge in [-0.3, -0.25) is 14.4 Å². The lowest BCUT2D eigenvalue weighted by Crippen LogP contribution is -2.60. The zero-order chi connectivity index (χ0) is 39.8. The molecule has 2 saturated heterocycles. The molecule has 6 N–H and O–H groups in total. The van der Waals surface area contributed by atoms with Crippen molar-refractivity contribution < 1.29 is 58.2 Å². The van der Waals surface area contributed by atoms with Gasteiger partial charge in [0.1, 0.15) is 24.1 Å². The van der Waals surface area contributed by atoms with E-state index in [0.29, 0.717) is 22.6 Å². The second kappa shape index (κ2) is 16.1. The lowest BCUT2D eigenvalue weighted by Gasteiger charge is -2.37. The highest BCUT2D eigenvalue weighted by Gasteiger charge is 2.67. The molecule has 0 bridgehead atoms. The third-order valence-corrected chi connectivity index (χ3v) is 13.3. The van der Waals surface area contributed by atoms with Gasteiger partial charge in [-0.15, -0.1) is 0 Å². The molecule has 2 fully saturated rings. The number of rotatable bonds is 12. The molecular weight excluding hydrogens is 734 g/mol. The number of ether oxygens (including phenoxy) is 3. The summed E-state index contributed by atoms with van der Waals surface area (Å²) in [7, 11) is -2.10. The Kier molecular flexibility index (Phi) is 11.8. The van der Waals surface area contributed by atoms with Gasteiger partial charge < -0.3 is 59.0 Å². The van der Waals surface area contributed by atoms with E-state index in [1.165, 1.54) is 12.0 Å². The molecule has 3 amide bonds. The first-order valence-electron chi connectivity index (χ1n) is 18.2. The van der Waals surface area contributed by atoms with E-state index in [-0.39, 0.29) is 44.3 Å². The lowest BCUT2D eigenvalue weighted by molar-refractivity contribution is -0.274. The minimum Gasteiger partial charge on any atom is -0.497 e. The van der Waals surface area contributed by atoms with Gasteiger partial charge in [0.05, 0.1) is 38.5 Å². The smallest absolute Gasteiger partial charge is 0.264 e. The fraction of sp³-hybridized carbons (Fsp3) is 0.462. The van der Waals surface area contributed by atoms with Gasteiger partial charge in [-0.2, -0.15) is 0 Å². The number of nitrogens with zero attached hydrogens (tertiary/aromatic N) is 2. The number of carbonyl (C=O) groups is 3. The molecule has 9 atom stereocenters. The van der Waals surface area contributed by atoms with E-state index in [2.05, 4.69) is 5.32 Å². The third kappa shape index (κ3) is 7.78.